The van der Waals surface area contributed by atoms with E-state index >= 15 is 0 Å². The molecule has 1 saturated heterocycles. The molecule has 1 N–H and O–H groups in total. The molecular formula is C13H16N4O2. The van der Waals surface area contributed by atoms with Crippen molar-refractivity contribution in [3.63, 3.8) is 0 Å². The second kappa shape index (κ2) is 6.11. The summed E-state index contributed by atoms with van der Waals surface area (Å²) < 4.78 is 0. The van der Waals surface area contributed by atoms with E-state index in [0.29, 0.717) is 5.69 Å². The average Bonchev–Trinajstić information content (AvgIpc) is 2.68. The highest BCUT2D eigenvalue weighted by Gasteiger charge is 2.14. The lowest BCUT2D eigenvalue weighted by Crippen LogP contribution is -2.24. The molecule has 1 fully saturated rings. The average molecular weight is 260 g/mol. The van der Waals surface area contributed by atoms with Gasteiger partial charge in [-0.2, -0.15) is 0 Å². The number of anilines is 1. The third kappa shape index (κ3) is 3.17. The van der Waals surface area contributed by atoms with Gasteiger partial charge in [0, 0.05) is 23.7 Å². The first kappa shape index (κ1) is 13.2. The molecule has 1 heterocycles. The van der Waals surface area contributed by atoms with Crippen LogP contribution < -0.4 is 4.90 Å². The number of carboxylic acid groups (broad SMARTS) is 1. The topological polar surface area (TPSA) is 89.3 Å². The van der Waals surface area contributed by atoms with Gasteiger partial charge in [0.05, 0.1) is 11.3 Å². The molecule has 0 aliphatic carbocycles. The molecule has 0 bridgehead atoms. The molecule has 0 radical (unpaired) electrons. The molecule has 6 heteroatoms. The number of azide groups is 1. The number of carbonyl (C=O) groups is 1. The van der Waals surface area contributed by atoms with Gasteiger partial charge >= 0.3 is 5.97 Å². The maximum absolute atomic E-state index is 11.0. The number of carboxylic acids is 1. The fourth-order valence-corrected chi connectivity index (χ4v) is 2.36. The molecule has 2 rings (SSSR count). The first-order valence-electron chi connectivity index (χ1n) is 6.40. The fourth-order valence-electron chi connectivity index (χ4n) is 2.36. The Labute approximate surface area is 111 Å². The normalized spacial score (nSPS) is 15.5. The molecule has 0 unspecified atom stereocenters. The van der Waals surface area contributed by atoms with Gasteiger partial charge in [0.2, 0.25) is 0 Å². The van der Waals surface area contributed by atoms with Crippen molar-refractivity contribution in [3.8, 4) is 0 Å². The van der Waals surface area contributed by atoms with E-state index in [-0.39, 0.29) is 5.56 Å². The van der Waals surface area contributed by atoms with Gasteiger partial charge in [0.25, 0.3) is 0 Å². The summed E-state index contributed by atoms with van der Waals surface area (Å²) in [4.78, 5) is 15.9. The van der Waals surface area contributed by atoms with Crippen LogP contribution in [0.5, 0.6) is 0 Å². The van der Waals surface area contributed by atoms with E-state index < -0.39 is 5.97 Å². The van der Waals surface area contributed by atoms with Gasteiger partial charge in [-0.15, -0.1) is 0 Å². The van der Waals surface area contributed by atoms with Gasteiger partial charge in [-0.25, -0.2) is 4.79 Å². The van der Waals surface area contributed by atoms with Crippen LogP contribution in [0.4, 0.5) is 11.4 Å². The molecule has 1 aliphatic heterocycles. The standard InChI is InChI=1S/C13H16N4O2/c14-16-15-11-9-10(13(18)19)5-6-12(11)17-7-3-1-2-4-8-17/h5-6,9H,1-4,7-8H2,(H,18,19). The Balaban J connectivity index is 2.37. The van der Waals surface area contributed by atoms with Crippen molar-refractivity contribution in [1.29, 1.82) is 0 Å². The third-order valence-corrected chi connectivity index (χ3v) is 3.32. The van der Waals surface area contributed by atoms with Crippen molar-refractivity contribution in [3.05, 3.63) is 34.2 Å². The molecule has 0 atom stereocenters. The van der Waals surface area contributed by atoms with Crippen molar-refractivity contribution >= 4 is 17.3 Å². The van der Waals surface area contributed by atoms with Crippen molar-refractivity contribution in [2.45, 2.75) is 25.7 Å². The Hall–Kier alpha value is -2.20. The molecule has 0 amide bonds. The van der Waals surface area contributed by atoms with Crippen LogP contribution in [-0.4, -0.2) is 24.2 Å². The summed E-state index contributed by atoms with van der Waals surface area (Å²) in [5.41, 5.74) is 9.98. The van der Waals surface area contributed by atoms with E-state index in [1.54, 1.807) is 12.1 Å². The number of hydrogen-bond acceptors (Lipinski definition) is 3. The third-order valence-electron chi connectivity index (χ3n) is 3.32. The quantitative estimate of drug-likeness (QED) is 0.510. The predicted molar refractivity (Wildman–Crippen MR) is 72.9 cm³/mol. The second-order valence-electron chi connectivity index (χ2n) is 4.60. The highest BCUT2D eigenvalue weighted by molar-refractivity contribution is 5.90. The van der Waals surface area contributed by atoms with Crippen molar-refractivity contribution < 1.29 is 9.90 Å². The minimum atomic E-state index is -1.02. The van der Waals surface area contributed by atoms with E-state index in [4.69, 9.17) is 10.6 Å². The number of nitrogens with zero attached hydrogens (tertiary/aromatic N) is 4. The summed E-state index contributed by atoms with van der Waals surface area (Å²) in [5, 5.41) is 12.6. The van der Waals surface area contributed by atoms with Gasteiger partial charge in [-0.05, 0) is 36.6 Å². The maximum Gasteiger partial charge on any atom is 0.335 e. The van der Waals surface area contributed by atoms with Crippen LogP contribution in [0, 0.1) is 0 Å². The Bertz CT molecular complexity index is 515. The minimum Gasteiger partial charge on any atom is -0.478 e. The zero-order valence-electron chi connectivity index (χ0n) is 10.6. The van der Waals surface area contributed by atoms with Crippen LogP contribution >= 0.6 is 0 Å². The van der Waals surface area contributed by atoms with Crippen LogP contribution in [0.1, 0.15) is 36.0 Å². The summed E-state index contributed by atoms with van der Waals surface area (Å²) in [6.07, 6.45) is 4.63. The largest absolute Gasteiger partial charge is 0.478 e. The van der Waals surface area contributed by atoms with Crippen LogP contribution in [0.3, 0.4) is 0 Å². The molecule has 1 aromatic rings. The van der Waals surface area contributed by atoms with E-state index in [2.05, 4.69) is 14.9 Å². The number of benzene rings is 1. The summed E-state index contributed by atoms with van der Waals surface area (Å²) in [5.74, 6) is -1.02. The lowest BCUT2D eigenvalue weighted by atomic mass is 10.1. The lowest BCUT2D eigenvalue weighted by Gasteiger charge is -2.24. The summed E-state index contributed by atoms with van der Waals surface area (Å²) in [6, 6.07) is 4.72. The molecule has 0 spiro atoms. The zero-order valence-corrected chi connectivity index (χ0v) is 10.6. The molecule has 19 heavy (non-hydrogen) atoms. The van der Waals surface area contributed by atoms with Crippen LogP contribution in [-0.2, 0) is 0 Å². The lowest BCUT2D eigenvalue weighted by molar-refractivity contribution is 0.0697. The molecule has 0 aromatic heterocycles. The van der Waals surface area contributed by atoms with Crippen molar-refractivity contribution in [1.82, 2.24) is 0 Å². The summed E-state index contributed by atoms with van der Waals surface area (Å²) >= 11 is 0. The Morgan fingerprint density at radius 2 is 1.95 bits per heavy atom. The SMILES string of the molecule is [N-]=[N+]=Nc1cc(C(=O)O)ccc1N1CCCCCC1. The summed E-state index contributed by atoms with van der Waals surface area (Å²) in [7, 11) is 0. The Kier molecular flexibility index (Phi) is 4.26. The van der Waals surface area contributed by atoms with E-state index in [9.17, 15) is 4.79 Å². The molecule has 1 aromatic carbocycles. The highest BCUT2D eigenvalue weighted by Crippen LogP contribution is 2.31. The Morgan fingerprint density at radius 1 is 1.26 bits per heavy atom. The summed E-state index contributed by atoms with van der Waals surface area (Å²) in [6.45, 7) is 1.83. The number of hydrogen-bond donors (Lipinski definition) is 1. The number of rotatable bonds is 3. The van der Waals surface area contributed by atoms with Crippen LogP contribution in [0.2, 0.25) is 0 Å². The van der Waals surface area contributed by atoms with E-state index in [1.165, 1.54) is 18.9 Å². The zero-order chi connectivity index (χ0) is 13.7. The van der Waals surface area contributed by atoms with Gasteiger partial charge < -0.3 is 10.0 Å². The van der Waals surface area contributed by atoms with Gasteiger partial charge in [-0.1, -0.05) is 18.0 Å². The maximum atomic E-state index is 11.0. The number of aromatic carboxylic acids is 1. The van der Waals surface area contributed by atoms with E-state index in [0.717, 1.165) is 31.6 Å². The van der Waals surface area contributed by atoms with Gasteiger partial charge in [0.15, 0.2) is 0 Å². The molecule has 6 nitrogen and oxygen atoms in total. The minimum absolute atomic E-state index is 0.140. The molecule has 100 valence electrons. The second-order valence-corrected chi connectivity index (χ2v) is 4.60. The van der Waals surface area contributed by atoms with Crippen LogP contribution in [0.25, 0.3) is 10.4 Å². The van der Waals surface area contributed by atoms with Gasteiger partial charge in [0.1, 0.15) is 0 Å². The van der Waals surface area contributed by atoms with Crippen LogP contribution in [0.15, 0.2) is 23.3 Å². The Morgan fingerprint density at radius 3 is 2.53 bits per heavy atom. The van der Waals surface area contributed by atoms with Gasteiger partial charge in [-0.3, -0.25) is 0 Å². The van der Waals surface area contributed by atoms with E-state index in [1.807, 2.05) is 0 Å². The predicted octanol–water partition coefficient (Wildman–Crippen LogP) is 3.71. The fraction of sp³-hybridized carbons (Fsp3) is 0.462. The molecule has 0 saturated carbocycles. The van der Waals surface area contributed by atoms with Crippen molar-refractivity contribution in [2.75, 3.05) is 18.0 Å². The first-order valence-corrected chi connectivity index (χ1v) is 6.40. The first-order chi connectivity index (χ1) is 9.22. The smallest absolute Gasteiger partial charge is 0.335 e. The molecule has 1 aliphatic rings. The molecular weight excluding hydrogens is 244 g/mol. The van der Waals surface area contributed by atoms with Crippen molar-refractivity contribution in [2.24, 2.45) is 5.11 Å². The monoisotopic (exact) mass is 260 g/mol. The highest BCUT2D eigenvalue weighted by atomic mass is 16.4.